The number of halogens is 2. The van der Waals surface area contributed by atoms with Crippen LogP contribution in [0.2, 0.25) is 5.02 Å². The van der Waals surface area contributed by atoms with Gasteiger partial charge >= 0.3 is 0 Å². The van der Waals surface area contributed by atoms with Crippen LogP contribution in [-0.4, -0.2) is 23.9 Å². The number of aromatic amines is 1. The smallest absolute Gasteiger partial charge is 0.130 e. The summed E-state index contributed by atoms with van der Waals surface area (Å²) in [6.07, 6.45) is 0. The van der Waals surface area contributed by atoms with E-state index < -0.39 is 0 Å². The van der Waals surface area contributed by atoms with Crippen LogP contribution in [0.3, 0.4) is 0 Å². The molecule has 2 N–H and O–H groups in total. The molecule has 116 valence electrons. The Labute approximate surface area is 138 Å². The number of benzene rings is 2. The molecule has 0 spiro atoms. The number of nitrogens with zero attached hydrogens (tertiary/aromatic N) is 1. The van der Waals surface area contributed by atoms with Crippen molar-refractivity contribution in [2.24, 2.45) is 4.99 Å². The van der Waals surface area contributed by atoms with Crippen molar-refractivity contribution >= 4 is 28.3 Å². The summed E-state index contributed by atoms with van der Waals surface area (Å²) in [4.78, 5) is 7.91. The molecule has 0 fully saturated rings. The number of nitrogens with one attached hydrogen (secondary N) is 2. The van der Waals surface area contributed by atoms with Gasteiger partial charge in [-0.15, -0.1) is 0 Å². The lowest BCUT2D eigenvalue weighted by atomic mass is 10.0. The minimum Gasteiger partial charge on any atom is -0.368 e. The minimum absolute atomic E-state index is 0.333. The summed E-state index contributed by atoms with van der Waals surface area (Å²) in [6, 6.07) is 10.6. The highest BCUT2D eigenvalue weighted by Gasteiger charge is 2.17. The average Bonchev–Trinajstić information content (AvgIpc) is 3.11. The van der Waals surface area contributed by atoms with E-state index >= 15 is 0 Å². The van der Waals surface area contributed by atoms with Gasteiger partial charge in [-0.3, -0.25) is 4.99 Å². The van der Waals surface area contributed by atoms with Gasteiger partial charge in [-0.25, -0.2) is 4.39 Å². The maximum absolute atomic E-state index is 13.6. The van der Waals surface area contributed by atoms with E-state index in [1.807, 2.05) is 19.1 Å². The van der Waals surface area contributed by atoms with Crippen molar-refractivity contribution < 1.29 is 4.39 Å². The monoisotopic (exact) mass is 327 g/mol. The van der Waals surface area contributed by atoms with Crippen LogP contribution in [0.4, 0.5) is 4.39 Å². The molecule has 0 saturated carbocycles. The number of amidine groups is 1. The molecule has 0 bridgehead atoms. The first-order chi connectivity index (χ1) is 11.1. The van der Waals surface area contributed by atoms with Crippen LogP contribution >= 0.6 is 11.6 Å². The Balaban J connectivity index is 1.91. The Morgan fingerprint density at radius 1 is 1.13 bits per heavy atom. The maximum atomic E-state index is 13.6. The third kappa shape index (κ3) is 2.49. The average molecular weight is 328 g/mol. The zero-order valence-electron chi connectivity index (χ0n) is 12.6. The number of H-pyrrole nitrogens is 1. The molecular formula is C18H15ClFN3. The topological polar surface area (TPSA) is 40.2 Å². The molecule has 0 aliphatic carbocycles. The molecule has 5 heteroatoms. The minimum atomic E-state index is -0.333. The standard InChI is InChI=1S/C18H15ClFN3/c1-10-17(18-21-4-5-22-18)15-8-11(2-3-16(15)23-10)12-6-13(19)9-14(20)7-12/h2-3,6-9,23H,4-5H2,1H3,(H,21,22). The van der Waals surface area contributed by atoms with Gasteiger partial charge in [0.1, 0.15) is 11.7 Å². The Morgan fingerprint density at radius 3 is 2.74 bits per heavy atom. The fraction of sp³-hybridized carbons (Fsp3) is 0.167. The number of aromatic nitrogens is 1. The molecule has 23 heavy (non-hydrogen) atoms. The van der Waals surface area contributed by atoms with E-state index in [1.54, 1.807) is 6.07 Å². The number of hydrogen-bond donors (Lipinski definition) is 2. The fourth-order valence-electron chi connectivity index (χ4n) is 3.10. The second kappa shape index (κ2) is 5.39. The van der Waals surface area contributed by atoms with Crippen LogP contribution < -0.4 is 5.32 Å². The largest absolute Gasteiger partial charge is 0.368 e. The second-order valence-corrected chi connectivity index (χ2v) is 6.14. The molecule has 0 amide bonds. The van der Waals surface area contributed by atoms with E-state index in [9.17, 15) is 4.39 Å². The van der Waals surface area contributed by atoms with Gasteiger partial charge in [0, 0.05) is 33.7 Å². The normalized spacial score (nSPS) is 14.1. The number of fused-ring (bicyclic) bond motifs is 1. The summed E-state index contributed by atoms with van der Waals surface area (Å²) in [5.74, 6) is 0.586. The van der Waals surface area contributed by atoms with Crippen molar-refractivity contribution in [3.8, 4) is 11.1 Å². The molecule has 2 aromatic carbocycles. The Kier molecular flexibility index (Phi) is 3.34. The van der Waals surface area contributed by atoms with Crippen molar-refractivity contribution in [3.05, 3.63) is 58.5 Å². The Bertz CT molecular complexity index is 923. The Hall–Kier alpha value is -2.33. The van der Waals surface area contributed by atoms with Crippen LogP contribution in [0.25, 0.3) is 22.0 Å². The Morgan fingerprint density at radius 2 is 2.00 bits per heavy atom. The maximum Gasteiger partial charge on any atom is 0.130 e. The molecule has 1 aliphatic rings. The summed E-state index contributed by atoms with van der Waals surface area (Å²) in [5, 5.41) is 4.79. The van der Waals surface area contributed by atoms with Gasteiger partial charge in [0.2, 0.25) is 0 Å². The molecule has 1 aromatic heterocycles. The molecule has 0 radical (unpaired) electrons. The van der Waals surface area contributed by atoms with E-state index in [1.165, 1.54) is 12.1 Å². The van der Waals surface area contributed by atoms with E-state index in [0.717, 1.165) is 52.2 Å². The summed E-state index contributed by atoms with van der Waals surface area (Å²) < 4.78 is 13.6. The van der Waals surface area contributed by atoms with Gasteiger partial charge < -0.3 is 10.3 Å². The summed E-state index contributed by atoms with van der Waals surface area (Å²) in [5.41, 5.74) is 4.89. The number of rotatable bonds is 2. The summed E-state index contributed by atoms with van der Waals surface area (Å²) >= 11 is 5.98. The first kappa shape index (κ1) is 14.3. The molecule has 0 saturated heterocycles. The van der Waals surface area contributed by atoms with Gasteiger partial charge in [0.25, 0.3) is 0 Å². The molecule has 3 aromatic rings. The highest BCUT2D eigenvalue weighted by atomic mass is 35.5. The zero-order valence-corrected chi connectivity index (χ0v) is 13.3. The first-order valence-corrected chi connectivity index (χ1v) is 7.87. The molecule has 0 unspecified atom stereocenters. The first-order valence-electron chi connectivity index (χ1n) is 7.49. The predicted octanol–water partition coefficient (Wildman–Crippen LogP) is 4.29. The molecular weight excluding hydrogens is 313 g/mol. The molecule has 0 atom stereocenters. The van der Waals surface area contributed by atoms with Crippen LogP contribution in [0.15, 0.2) is 41.4 Å². The summed E-state index contributed by atoms with van der Waals surface area (Å²) in [7, 11) is 0. The quantitative estimate of drug-likeness (QED) is 0.724. The van der Waals surface area contributed by atoms with Gasteiger partial charge in [-0.2, -0.15) is 0 Å². The molecule has 2 heterocycles. The van der Waals surface area contributed by atoms with Crippen molar-refractivity contribution in [2.45, 2.75) is 6.92 Å². The van der Waals surface area contributed by atoms with Crippen molar-refractivity contribution in [1.29, 1.82) is 0 Å². The molecule has 1 aliphatic heterocycles. The number of aryl methyl sites for hydroxylation is 1. The van der Waals surface area contributed by atoms with Gasteiger partial charge in [0.15, 0.2) is 0 Å². The lowest BCUT2D eigenvalue weighted by Gasteiger charge is -2.06. The van der Waals surface area contributed by atoms with Crippen LogP contribution in [-0.2, 0) is 0 Å². The third-order valence-corrected chi connectivity index (χ3v) is 4.31. The van der Waals surface area contributed by atoms with E-state index in [2.05, 4.69) is 21.4 Å². The third-order valence-electron chi connectivity index (χ3n) is 4.09. The van der Waals surface area contributed by atoms with Crippen molar-refractivity contribution in [1.82, 2.24) is 10.3 Å². The van der Waals surface area contributed by atoms with E-state index in [4.69, 9.17) is 11.6 Å². The SMILES string of the molecule is Cc1[nH]c2ccc(-c3cc(F)cc(Cl)c3)cc2c1C1=NCCN1. The van der Waals surface area contributed by atoms with Gasteiger partial charge in [-0.05, 0) is 48.4 Å². The van der Waals surface area contributed by atoms with Crippen molar-refractivity contribution in [3.63, 3.8) is 0 Å². The fourth-order valence-corrected chi connectivity index (χ4v) is 3.32. The number of hydrogen-bond acceptors (Lipinski definition) is 2. The lowest BCUT2D eigenvalue weighted by Crippen LogP contribution is -2.19. The predicted molar refractivity (Wildman–Crippen MR) is 92.8 cm³/mol. The zero-order chi connectivity index (χ0) is 16.0. The highest BCUT2D eigenvalue weighted by Crippen LogP contribution is 2.30. The lowest BCUT2D eigenvalue weighted by molar-refractivity contribution is 0.628. The van der Waals surface area contributed by atoms with Crippen LogP contribution in [0.1, 0.15) is 11.3 Å². The summed E-state index contributed by atoms with van der Waals surface area (Å²) in [6.45, 7) is 3.69. The van der Waals surface area contributed by atoms with E-state index in [0.29, 0.717) is 5.02 Å². The van der Waals surface area contributed by atoms with E-state index in [-0.39, 0.29) is 5.82 Å². The second-order valence-electron chi connectivity index (χ2n) is 5.70. The number of aliphatic imine (C=N–C) groups is 1. The van der Waals surface area contributed by atoms with Crippen LogP contribution in [0.5, 0.6) is 0 Å². The van der Waals surface area contributed by atoms with Gasteiger partial charge in [-0.1, -0.05) is 17.7 Å². The molecule has 4 rings (SSSR count). The highest BCUT2D eigenvalue weighted by molar-refractivity contribution is 6.30. The van der Waals surface area contributed by atoms with Gasteiger partial charge in [0.05, 0.1) is 6.54 Å². The van der Waals surface area contributed by atoms with Crippen molar-refractivity contribution in [2.75, 3.05) is 13.1 Å². The van der Waals surface area contributed by atoms with Crippen LogP contribution in [0, 0.1) is 12.7 Å². The molecule has 3 nitrogen and oxygen atoms in total.